The van der Waals surface area contributed by atoms with Gasteiger partial charge in [0.05, 0.1) is 5.75 Å². The first-order valence-electron chi connectivity index (χ1n) is 5.92. The van der Waals surface area contributed by atoms with Crippen LogP contribution in [0, 0.1) is 0 Å². The third-order valence-corrected chi connectivity index (χ3v) is 4.09. The van der Waals surface area contributed by atoms with E-state index in [-0.39, 0.29) is 24.2 Å². The van der Waals surface area contributed by atoms with Crippen molar-refractivity contribution < 1.29 is 13.2 Å². The maximum Gasteiger partial charge on any atom is 0.270 e. The second kappa shape index (κ2) is 6.09. The molecule has 0 saturated carbocycles. The Bertz CT molecular complexity index is 564. The fourth-order valence-corrected chi connectivity index (χ4v) is 2.69. The van der Waals surface area contributed by atoms with Gasteiger partial charge in [0.2, 0.25) is 0 Å². The number of rotatable bonds is 5. The van der Waals surface area contributed by atoms with Crippen molar-refractivity contribution in [2.24, 2.45) is 0 Å². The molecule has 1 amide bonds. The van der Waals surface area contributed by atoms with E-state index in [1.807, 2.05) is 24.6 Å². The van der Waals surface area contributed by atoms with Crippen LogP contribution in [0.3, 0.4) is 0 Å². The van der Waals surface area contributed by atoms with Crippen LogP contribution in [-0.4, -0.2) is 49.4 Å². The normalized spacial score (nSPS) is 11.9. The third-order valence-electron chi connectivity index (χ3n) is 2.73. The first-order chi connectivity index (χ1) is 8.61. The van der Waals surface area contributed by atoms with Gasteiger partial charge < -0.3 is 9.47 Å². The molecule has 0 aliphatic heterocycles. The molecule has 1 aromatic heterocycles. The molecule has 1 rings (SSSR count). The van der Waals surface area contributed by atoms with Gasteiger partial charge in [-0.25, -0.2) is 8.42 Å². The summed E-state index contributed by atoms with van der Waals surface area (Å²) in [5, 5.41) is 0. The fourth-order valence-electron chi connectivity index (χ4n) is 1.64. The molecule has 0 aliphatic carbocycles. The summed E-state index contributed by atoms with van der Waals surface area (Å²) in [4.78, 5) is 13.7. The molecule has 0 spiro atoms. The van der Waals surface area contributed by atoms with Crippen LogP contribution in [0.2, 0.25) is 0 Å². The van der Waals surface area contributed by atoms with E-state index >= 15 is 0 Å². The van der Waals surface area contributed by atoms with Crippen molar-refractivity contribution in [1.29, 1.82) is 0 Å². The van der Waals surface area contributed by atoms with Crippen LogP contribution in [0.5, 0.6) is 0 Å². The van der Waals surface area contributed by atoms with E-state index < -0.39 is 9.84 Å². The van der Waals surface area contributed by atoms with Crippen molar-refractivity contribution in [2.45, 2.75) is 19.9 Å². The summed E-state index contributed by atoms with van der Waals surface area (Å²) in [6.07, 6.45) is 3.01. The Balaban J connectivity index is 2.88. The van der Waals surface area contributed by atoms with Gasteiger partial charge in [-0.2, -0.15) is 0 Å². The second-order valence-electron chi connectivity index (χ2n) is 4.90. The number of hydrogen-bond acceptors (Lipinski definition) is 3. The molecule has 7 heteroatoms. The van der Waals surface area contributed by atoms with E-state index in [0.717, 1.165) is 4.47 Å². The molecule has 0 unspecified atom stereocenters. The number of aromatic nitrogens is 1. The molecule has 0 aliphatic rings. The van der Waals surface area contributed by atoms with Gasteiger partial charge in [0.15, 0.2) is 0 Å². The molecule has 1 aromatic rings. The lowest BCUT2D eigenvalue weighted by Crippen LogP contribution is -2.33. The monoisotopic (exact) mass is 350 g/mol. The van der Waals surface area contributed by atoms with E-state index in [0.29, 0.717) is 5.69 Å². The minimum Gasteiger partial charge on any atom is -0.340 e. The van der Waals surface area contributed by atoms with Gasteiger partial charge in [-0.05, 0) is 35.8 Å². The van der Waals surface area contributed by atoms with Gasteiger partial charge in [-0.3, -0.25) is 4.79 Å². The molecular weight excluding hydrogens is 332 g/mol. The van der Waals surface area contributed by atoms with E-state index in [4.69, 9.17) is 0 Å². The van der Waals surface area contributed by atoms with E-state index in [2.05, 4.69) is 15.9 Å². The van der Waals surface area contributed by atoms with E-state index in [9.17, 15) is 13.2 Å². The Morgan fingerprint density at radius 2 is 2.05 bits per heavy atom. The van der Waals surface area contributed by atoms with E-state index in [1.165, 1.54) is 11.2 Å². The van der Waals surface area contributed by atoms with Crippen LogP contribution in [0.25, 0.3) is 0 Å². The summed E-state index contributed by atoms with van der Waals surface area (Å²) in [5.74, 6) is -0.207. The summed E-state index contributed by atoms with van der Waals surface area (Å²) in [7, 11) is -1.46. The molecule has 0 aromatic carbocycles. The standard InChI is InChI=1S/C12H19BrN2O3S/c1-9(2)15-8-10(13)7-11(15)12(16)14(3)5-6-19(4,17)18/h7-9H,5-6H2,1-4H3. The molecule has 5 nitrogen and oxygen atoms in total. The van der Waals surface area contributed by atoms with Crippen molar-refractivity contribution in [3.05, 3.63) is 22.4 Å². The zero-order valence-electron chi connectivity index (χ0n) is 11.6. The molecule has 19 heavy (non-hydrogen) atoms. The largest absolute Gasteiger partial charge is 0.340 e. The van der Waals surface area contributed by atoms with Crippen LogP contribution in [0.15, 0.2) is 16.7 Å². The number of halogens is 1. The van der Waals surface area contributed by atoms with Crippen LogP contribution in [0.1, 0.15) is 30.4 Å². The van der Waals surface area contributed by atoms with Crippen molar-refractivity contribution in [3.63, 3.8) is 0 Å². The third kappa shape index (κ3) is 4.65. The molecule has 0 N–H and O–H groups in total. The molecule has 1 heterocycles. The Morgan fingerprint density at radius 1 is 1.47 bits per heavy atom. The van der Waals surface area contributed by atoms with Gasteiger partial charge in [0.25, 0.3) is 5.91 Å². The molecular formula is C12H19BrN2O3S. The zero-order chi connectivity index (χ0) is 14.8. The lowest BCUT2D eigenvalue weighted by molar-refractivity contribution is 0.0791. The minimum absolute atomic E-state index is 0.0290. The van der Waals surface area contributed by atoms with Gasteiger partial charge in [-0.1, -0.05) is 0 Å². The number of hydrogen-bond donors (Lipinski definition) is 0. The molecule has 0 atom stereocenters. The van der Waals surface area contributed by atoms with Crippen LogP contribution in [-0.2, 0) is 9.84 Å². The molecule has 0 saturated heterocycles. The maximum absolute atomic E-state index is 12.3. The summed E-state index contributed by atoms with van der Waals surface area (Å²) in [5.41, 5.74) is 0.554. The summed E-state index contributed by atoms with van der Waals surface area (Å²) in [6.45, 7) is 4.16. The van der Waals surface area contributed by atoms with Crippen LogP contribution >= 0.6 is 15.9 Å². The van der Waals surface area contributed by atoms with Crippen LogP contribution < -0.4 is 0 Å². The van der Waals surface area contributed by atoms with Crippen molar-refractivity contribution in [3.8, 4) is 0 Å². The Hall–Kier alpha value is -0.820. The Kier molecular flexibility index (Phi) is 5.20. The number of sulfone groups is 1. The number of nitrogens with zero attached hydrogens (tertiary/aromatic N) is 2. The smallest absolute Gasteiger partial charge is 0.270 e. The first kappa shape index (κ1) is 16.2. The van der Waals surface area contributed by atoms with Gasteiger partial charge >= 0.3 is 0 Å². The lowest BCUT2D eigenvalue weighted by Gasteiger charge is -2.19. The lowest BCUT2D eigenvalue weighted by atomic mass is 10.3. The predicted molar refractivity (Wildman–Crippen MR) is 79.2 cm³/mol. The topological polar surface area (TPSA) is 59.4 Å². The highest BCUT2D eigenvalue weighted by atomic mass is 79.9. The van der Waals surface area contributed by atoms with Crippen molar-refractivity contribution in [1.82, 2.24) is 9.47 Å². The fraction of sp³-hybridized carbons (Fsp3) is 0.583. The quantitative estimate of drug-likeness (QED) is 0.815. The molecule has 108 valence electrons. The maximum atomic E-state index is 12.3. The second-order valence-corrected chi connectivity index (χ2v) is 8.08. The summed E-state index contributed by atoms with van der Waals surface area (Å²) < 4.78 is 24.9. The first-order valence-corrected chi connectivity index (χ1v) is 8.77. The molecule has 0 radical (unpaired) electrons. The minimum atomic E-state index is -3.07. The predicted octanol–water partition coefficient (Wildman–Crippen LogP) is 1.95. The molecule has 0 bridgehead atoms. The number of carbonyl (C=O) groups is 1. The van der Waals surface area contributed by atoms with Crippen molar-refractivity contribution in [2.75, 3.05) is 25.6 Å². The Morgan fingerprint density at radius 3 is 2.53 bits per heavy atom. The van der Waals surface area contributed by atoms with Gasteiger partial charge in [0, 0.05) is 36.6 Å². The zero-order valence-corrected chi connectivity index (χ0v) is 14.0. The number of carbonyl (C=O) groups excluding carboxylic acids is 1. The summed E-state index contributed by atoms with van der Waals surface area (Å²) >= 11 is 3.35. The summed E-state index contributed by atoms with van der Waals surface area (Å²) in [6, 6.07) is 1.91. The van der Waals surface area contributed by atoms with Crippen molar-refractivity contribution >= 4 is 31.7 Å². The van der Waals surface area contributed by atoms with E-state index in [1.54, 1.807) is 13.1 Å². The van der Waals surface area contributed by atoms with Gasteiger partial charge in [0.1, 0.15) is 15.5 Å². The average Bonchev–Trinajstić information content (AvgIpc) is 2.66. The molecule has 0 fully saturated rings. The highest BCUT2D eigenvalue weighted by Crippen LogP contribution is 2.20. The average molecular weight is 351 g/mol. The SMILES string of the molecule is CC(C)n1cc(Br)cc1C(=O)N(C)CCS(C)(=O)=O. The highest BCUT2D eigenvalue weighted by molar-refractivity contribution is 9.10. The van der Waals surface area contributed by atoms with Gasteiger partial charge in [-0.15, -0.1) is 0 Å². The highest BCUT2D eigenvalue weighted by Gasteiger charge is 2.19. The number of amides is 1. The Labute approximate surface area is 122 Å². The van der Waals surface area contributed by atoms with Crippen LogP contribution in [0.4, 0.5) is 0 Å².